The highest BCUT2D eigenvalue weighted by Gasteiger charge is 2.06. The van der Waals surface area contributed by atoms with Gasteiger partial charge in [0.1, 0.15) is 5.82 Å². The number of hydrogen-bond acceptors (Lipinski definition) is 3. The number of aliphatic hydroxyl groups is 1. The van der Waals surface area contributed by atoms with Crippen LogP contribution in [0.3, 0.4) is 0 Å². The van der Waals surface area contributed by atoms with Crippen molar-refractivity contribution in [2.24, 2.45) is 5.73 Å². The van der Waals surface area contributed by atoms with Crippen LogP contribution >= 0.6 is 12.4 Å². The Balaban J connectivity index is 0.00000144. The third-order valence-corrected chi connectivity index (χ3v) is 1.82. The molecule has 0 aliphatic carbocycles. The fraction of sp³-hybridized carbons (Fsp3) is 0.625. The average Bonchev–Trinajstić information content (AvgIpc) is 2.51. The van der Waals surface area contributed by atoms with Crippen molar-refractivity contribution in [3.63, 3.8) is 0 Å². The molecule has 0 unspecified atom stereocenters. The summed E-state index contributed by atoms with van der Waals surface area (Å²) in [6, 6.07) is -0.197. The minimum Gasteiger partial charge on any atom is -0.395 e. The molecule has 0 bridgehead atoms. The first-order valence-corrected chi connectivity index (χ1v) is 4.14. The number of nitrogens with two attached hydrogens (primary N) is 1. The molecule has 76 valence electrons. The Labute approximate surface area is 84.2 Å². The van der Waals surface area contributed by atoms with Crippen molar-refractivity contribution in [1.29, 1.82) is 0 Å². The maximum atomic E-state index is 8.74. The second-order valence-electron chi connectivity index (χ2n) is 2.78. The minimum atomic E-state index is -0.197. The number of imidazole rings is 1. The zero-order valence-electron chi connectivity index (χ0n) is 7.68. The zero-order valence-corrected chi connectivity index (χ0v) is 8.50. The summed E-state index contributed by atoms with van der Waals surface area (Å²) in [7, 11) is 0. The molecule has 0 aromatic carbocycles. The number of rotatable bonds is 4. The van der Waals surface area contributed by atoms with Gasteiger partial charge in [-0.05, 0) is 6.92 Å². The van der Waals surface area contributed by atoms with Gasteiger partial charge in [-0.3, -0.25) is 0 Å². The molecule has 0 fully saturated rings. The van der Waals surface area contributed by atoms with Crippen molar-refractivity contribution in [2.45, 2.75) is 25.9 Å². The molecule has 1 rings (SSSR count). The highest BCUT2D eigenvalue weighted by molar-refractivity contribution is 5.85. The molecular formula is C8H16ClN3O. The smallest absolute Gasteiger partial charge is 0.110 e. The fourth-order valence-electron chi connectivity index (χ4n) is 1.12. The van der Waals surface area contributed by atoms with Gasteiger partial charge < -0.3 is 15.4 Å². The summed E-state index contributed by atoms with van der Waals surface area (Å²) >= 11 is 0. The predicted molar refractivity (Wildman–Crippen MR) is 53.9 cm³/mol. The van der Waals surface area contributed by atoms with Gasteiger partial charge in [0.05, 0.1) is 6.61 Å². The summed E-state index contributed by atoms with van der Waals surface area (Å²) in [6.45, 7) is 2.96. The molecule has 0 amide bonds. The maximum absolute atomic E-state index is 8.74. The number of halogens is 1. The molecule has 1 aromatic heterocycles. The van der Waals surface area contributed by atoms with Gasteiger partial charge >= 0.3 is 0 Å². The van der Waals surface area contributed by atoms with Crippen LogP contribution in [0.15, 0.2) is 12.4 Å². The molecule has 0 saturated carbocycles. The predicted octanol–water partition coefficient (Wildman–Crippen LogP) is 0.187. The first-order chi connectivity index (χ1) is 5.77. The monoisotopic (exact) mass is 205 g/mol. The quantitative estimate of drug-likeness (QED) is 0.738. The van der Waals surface area contributed by atoms with Crippen molar-refractivity contribution < 1.29 is 5.11 Å². The lowest BCUT2D eigenvalue weighted by molar-refractivity contribution is 0.263. The molecule has 0 radical (unpaired) electrons. The second-order valence-corrected chi connectivity index (χ2v) is 2.78. The third-order valence-electron chi connectivity index (χ3n) is 1.82. The molecule has 0 spiro atoms. The molecule has 4 nitrogen and oxygen atoms in total. The van der Waals surface area contributed by atoms with Crippen molar-refractivity contribution in [3.05, 3.63) is 18.2 Å². The van der Waals surface area contributed by atoms with E-state index < -0.39 is 0 Å². The van der Waals surface area contributed by atoms with Crippen LogP contribution in [0.1, 0.15) is 12.7 Å². The summed E-state index contributed by atoms with van der Waals surface area (Å²) in [6.07, 6.45) is 4.31. The van der Waals surface area contributed by atoms with E-state index in [0.29, 0.717) is 6.42 Å². The van der Waals surface area contributed by atoms with Gasteiger partial charge in [-0.1, -0.05) is 0 Å². The van der Waals surface area contributed by atoms with Gasteiger partial charge in [0.25, 0.3) is 0 Å². The number of aliphatic hydroxyl groups excluding tert-OH is 1. The Morgan fingerprint density at radius 2 is 2.38 bits per heavy atom. The summed E-state index contributed by atoms with van der Waals surface area (Å²) < 4.78 is 2.02. The van der Waals surface area contributed by atoms with Gasteiger partial charge in [-0.15, -0.1) is 12.4 Å². The van der Waals surface area contributed by atoms with Crippen LogP contribution in [-0.2, 0) is 13.0 Å². The molecule has 3 N–H and O–H groups in total. The van der Waals surface area contributed by atoms with Crippen molar-refractivity contribution in [2.75, 3.05) is 6.61 Å². The Hall–Kier alpha value is -0.580. The maximum Gasteiger partial charge on any atom is 0.110 e. The molecule has 1 heterocycles. The van der Waals surface area contributed by atoms with E-state index in [9.17, 15) is 0 Å². The molecule has 13 heavy (non-hydrogen) atoms. The Morgan fingerprint density at radius 3 is 2.92 bits per heavy atom. The van der Waals surface area contributed by atoms with Gasteiger partial charge in [-0.25, -0.2) is 4.98 Å². The van der Waals surface area contributed by atoms with E-state index in [-0.39, 0.29) is 25.1 Å². The van der Waals surface area contributed by atoms with Crippen LogP contribution in [0.25, 0.3) is 0 Å². The van der Waals surface area contributed by atoms with Crippen LogP contribution in [0.4, 0.5) is 0 Å². The molecule has 5 heteroatoms. The molecular weight excluding hydrogens is 190 g/mol. The number of hydrogen-bond donors (Lipinski definition) is 2. The molecule has 1 atom stereocenters. The highest BCUT2D eigenvalue weighted by atomic mass is 35.5. The lowest BCUT2D eigenvalue weighted by Gasteiger charge is -2.08. The summed E-state index contributed by atoms with van der Waals surface area (Å²) in [5.41, 5.74) is 5.58. The fourth-order valence-corrected chi connectivity index (χ4v) is 1.12. The number of aromatic nitrogens is 2. The standard InChI is InChI=1S/C8H15N3O.ClH/c1-2-11-4-3-10-8(11)5-7(9)6-12;/h3-4,7,12H,2,5-6,9H2,1H3;1H/t7-;/m1./s1. The Morgan fingerprint density at radius 1 is 1.69 bits per heavy atom. The van der Waals surface area contributed by atoms with Crippen LogP contribution in [-0.4, -0.2) is 27.3 Å². The number of nitrogens with zero attached hydrogens (tertiary/aromatic N) is 2. The number of aryl methyl sites for hydroxylation is 1. The van der Waals surface area contributed by atoms with Gasteiger partial charge in [0.15, 0.2) is 0 Å². The first kappa shape index (κ1) is 12.4. The second kappa shape index (κ2) is 5.96. The molecule has 0 aliphatic heterocycles. The minimum absolute atomic E-state index is 0. The Kier molecular flexibility index (Phi) is 5.70. The van der Waals surface area contributed by atoms with E-state index in [1.165, 1.54) is 0 Å². The Bertz CT molecular complexity index is 239. The largest absolute Gasteiger partial charge is 0.395 e. The third kappa shape index (κ3) is 3.34. The van der Waals surface area contributed by atoms with Crippen LogP contribution < -0.4 is 5.73 Å². The molecule has 0 aliphatic rings. The van der Waals surface area contributed by atoms with Crippen molar-refractivity contribution in [1.82, 2.24) is 9.55 Å². The molecule has 0 saturated heterocycles. The normalized spacial score (nSPS) is 12.2. The van der Waals surface area contributed by atoms with E-state index in [2.05, 4.69) is 11.9 Å². The summed E-state index contributed by atoms with van der Waals surface area (Å²) in [4.78, 5) is 4.15. The van der Waals surface area contributed by atoms with Crippen molar-refractivity contribution >= 4 is 12.4 Å². The zero-order chi connectivity index (χ0) is 8.97. The topological polar surface area (TPSA) is 64.1 Å². The van der Waals surface area contributed by atoms with Gasteiger partial charge in [0, 0.05) is 31.4 Å². The van der Waals surface area contributed by atoms with Crippen LogP contribution in [0, 0.1) is 0 Å². The van der Waals surface area contributed by atoms with E-state index in [0.717, 1.165) is 12.4 Å². The van der Waals surface area contributed by atoms with E-state index in [1.807, 2.05) is 10.8 Å². The highest BCUT2D eigenvalue weighted by Crippen LogP contribution is 1.99. The first-order valence-electron chi connectivity index (χ1n) is 4.14. The van der Waals surface area contributed by atoms with E-state index in [1.54, 1.807) is 6.20 Å². The SMILES string of the molecule is CCn1ccnc1C[C@@H](N)CO.Cl. The lowest BCUT2D eigenvalue weighted by atomic mass is 10.2. The van der Waals surface area contributed by atoms with Crippen LogP contribution in [0.5, 0.6) is 0 Å². The van der Waals surface area contributed by atoms with Gasteiger partial charge in [0.2, 0.25) is 0 Å². The van der Waals surface area contributed by atoms with E-state index in [4.69, 9.17) is 10.8 Å². The van der Waals surface area contributed by atoms with Crippen molar-refractivity contribution in [3.8, 4) is 0 Å². The summed E-state index contributed by atoms with van der Waals surface area (Å²) in [5, 5.41) is 8.74. The van der Waals surface area contributed by atoms with E-state index >= 15 is 0 Å². The average molecular weight is 206 g/mol. The summed E-state index contributed by atoms with van der Waals surface area (Å²) in [5.74, 6) is 0.944. The van der Waals surface area contributed by atoms with Crippen LogP contribution in [0.2, 0.25) is 0 Å². The molecule has 1 aromatic rings. The van der Waals surface area contributed by atoms with Gasteiger partial charge in [-0.2, -0.15) is 0 Å². The lowest BCUT2D eigenvalue weighted by Crippen LogP contribution is -2.28.